The van der Waals surface area contributed by atoms with E-state index in [0.717, 1.165) is 0 Å². The van der Waals surface area contributed by atoms with Crippen LogP contribution in [0.4, 0.5) is 30.8 Å². The lowest BCUT2D eigenvalue weighted by atomic mass is 9.92. The predicted molar refractivity (Wildman–Crippen MR) is 181 cm³/mol. The number of halogens is 4. The fraction of sp³-hybridized carbons (Fsp3) is 0.455. The molecule has 13 nitrogen and oxygen atoms in total. The van der Waals surface area contributed by atoms with E-state index >= 15 is 0 Å². The monoisotopic (exact) mass is 720 g/mol. The summed E-state index contributed by atoms with van der Waals surface area (Å²) < 4.78 is 49.3. The Kier molecular flexibility index (Phi) is 12.7. The van der Waals surface area contributed by atoms with Crippen molar-refractivity contribution in [2.45, 2.75) is 46.8 Å². The first-order chi connectivity index (χ1) is 23.6. The standard InChI is InChI=1S/C33H40ClF3N8O5/c1-20(2)15-38-27(47)28(48)45-12-5-13-49-25-11-6-21(14-24(25)34)16-39-29-42-30(44-31(43-29)50-19-33(35,36)37)41-23-9-7-22(8-10-23)26(46)40-17-32(3,4)18-45/h6-11,14,20H,5,12-13,15-19H2,1-4H3,(H,38,47)(H,40,46)(H2,39,41,42,43,44). The highest BCUT2D eigenvalue weighted by Crippen LogP contribution is 2.27. The smallest absolute Gasteiger partial charge is 0.422 e. The van der Waals surface area contributed by atoms with Crippen molar-refractivity contribution in [3.63, 3.8) is 0 Å². The Balaban J connectivity index is 1.59. The number of hydrogen-bond acceptors (Lipinski definition) is 10. The summed E-state index contributed by atoms with van der Waals surface area (Å²) in [5, 5.41) is 11.7. The summed E-state index contributed by atoms with van der Waals surface area (Å²) in [7, 11) is 0. The van der Waals surface area contributed by atoms with Crippen LogP contribution in [-0.2, 0) is 16.1 Å². The number of rotatable bonds is 4. The van der Waals surface area contributed by atoms with E-state index in [2.05, 4.69) is 36.2 Å². The molecule has 4 N–H and O–H groups in total. The first kappa shape index (κ1) is 38.0. The summed E-state index contributed by atoms with van der Waals surface area (Å²) >= 11 is 6.49. The van der Waals surface area contributed by atoms with E-state index in [1.807, 2.05) is 27.7 Å². The van der Waals surface area contributed by atoms with E-state index in [4.69, 9.17) is 21.1 Å². The second-order valence-corrected chi connectivity index (χ2v) is 13.3. The van der Waals surface area contributed by atoms with Crippen molar-refractivity contribution in [1.82, 2.24) is 30.5 Å². The molecule has 0 radical (unpaired) electrons. The fourth-order valence-electron chi connectivity index (χ4n) is 4.69. The van der Waals surface area contributed by atoms with Crippen molar-refractivity contribution in [3.05, 3.63) is 58.6 Å². The number of amides is 3. The third-order valence-corrected chi connectivity index (χ3v) is 7.45. The first-order valence-electron chi connectivity index (χ1n) is 15.9. The zero-order chi connectivity index (χ0) is 36.5. The van der Waals surface area contributed by atoms with Crippen LogP contribution in [0.3, 0.4) is 0 Å². The number of alkyl halides is 3. The maximum absolute atomic E-state index is 13.2. The summed E-state index contributed by atoms with van der Waals surface area (Å²) in [4.78, 5) is 52.6. The molecule has 3 aromatic rings. The summed E-state index contributed by atoms with van der Waals surface area (Å²) in [6, 6.07) is 10.7. The number of nitrogens with one attached hydrogen (secondary N) is 4. The molecule has 0 saturated carbocycles. The summed E-state index contributed by atoms with van der Waals surface area (Å²) in [5.41, 5.74) is 0.817. The number of carbonyl (C=O) groups is 3. The van der Waals surface area contributed by atoms with Gasteiger partial charge in [-0.3, -0.25) is 14.4 Å². The van der Waals surface area contributed by atoms with E-state index in [1.54, 1.807) is 42.5 Å². The molecule has 4 aliphatic rings. The van der Waals surface area contributed by atoms with Gasteiger partial charge in [0, 0.05) is 44.0 Å². The van der Waals surface area contributed by atoms with Crippen LogP contribution in [0.1, 0.15) is 50.0 Å². The SMILES string of the molecule is CC(C)CNC(=O)C(=O)N1CCCOc2ccc(cc2Cl)CNc2nc(nc(OCC(F)(F)F)n2)Nc2ccc(cc2)C(=O)NCC(C)(C)C1. The number of anilines is 3. The van der Waals surface area contributed by atoms with Gasteiger partial charge in [-0.25, -0.2) is 0 Å². The second-order valence-electron chi connectivity index (χ2n) is 12.9. The number of aromatic nitrogens is 3. The molecule has 0 saturated heterocycles. The minimum atomic E-state index is -4.61. The van der Waals surface area contributed by atoms with E-state index < -0.39 is 36.0 Å². The van der Waals surface area contributed by atoms with Gasteiger partial charge in [-0.2, -0.15) is 28.1 Å². The van der Waals surface area contributed by atoms with Crippen molar-refractivity contribution in [2.24, 2.45) is 11.3 Å². The van der Waals surface area contributed by atoms with Crippen LogP contribution < -0.4 is 30.7 Å². The van der Waals surface area contributed by atoms with Crippen LogP contribution in [0.15, 0.2) is 42.5 Å². The van der Waals surface area contributed by atoms with Crippen LogP contribution in [0.5, 0.6) is 11.8 Å². The number of ether oxygens (including phenoxy) is 2. The average Bonchev–Trinajstić information content (AvgIpc) is 3.05. The summed E-state index contributed by atoms with van der Waals surface area (Å²) in [5.74, 6) is -1.38. The van der Waals surface area contributed by atoms with Gasteiger partial charge in [0.1, 0.15) is 5.75 Å². The van der Waals surface area contributed by atoms with Crippen LogP contribution in [0.2, 0.25) is 5.02 Å². The number of nitrogens with zero attached hydrogens (tertiary/aromatic N) is 4. The van der Waals surface area contributed by atoms with Crippen molar-refractivity contribution in [3.8, 4) is 11.8 Å². The van der Waals surface area contributed by atoms with Gasteiger partial charge in [0.25, 0.3) is 5.91 Å². The Morgan fingerprint density at radius 1 is 1.08 bits per heavy atom. The summed E-state index contributed by atoms with van der Waals surface area (Å²) in [6.45, 7) is 7.25. The molecule has 17 heteroatoms. The Hall–Kier alpha value is -4.86. The van der Waals surface area contributed by atoms with Gasteiger partial charge in [-0.1, -0.05) is 45.4 Å². The molecule has 1 aromatic heterocycles. The van der Waals surface area contributed by atoms with Gasteiger partial charge in [0.15, 0.2) is 6.61 Å². The maximum atomic E-state index is 13.2. The molecule has 0 spiro atoms. The van der Waals surface area contributed by atoms with Crippen molar-refractivity contribution in [2.75, 3.05) is 50.0 Å². The highest BCUT2D eigenvalue weighted by atomic mass is 35.5. The van der Waals surface area contributed by atoms with Gasteiger partial charge in [0.05, 0.1) is 11.6 Å². The lowest BCUT2D eigenvalue weighted by Gasteiger charge is -2.32. The molecular formula is C33H40ClF3N8O5. The molecule has 0 fully saturated rings. The molecule has 4 aliphatic heterocycles. The Morgan fingerprint density at radius 2 is 1.80 bits per heavy atom. The van der Waals surface area contributed by atoms with Gasteiger partial charge in [-0.05, 0) is 59.7 Å². The first-order valence-corrected chi connectivity index (χ1v) is 16.3. The minimum Gasteiger partial charge on any atom is -0.492 e. The fourth-order valence-corrected chi connectivity index (χ4v) is 4.95. The molecule has 7 rings (SSSR count). The van der Waals surface area contributed by atoms with Crippen molar-refractivity contribution < 1.29 is 37.0 Å². The van der Waals surface area contributed by atoms with E-state index in [-0.39, 0.29) is 56.5 Å². The van der Waals surface area contributed by atoms with Crippen LogP contribution in [-0.4, -0.2) is 83.1 Å². The topological polar surface area (TPSA) is 160 Å². The van der Waals surface area contributed by atoms with Crippen LogP contribution in [0.25, 0.3) is 0 Å². The zero-order valence-corrected chi connectivity index (χ0v) is 28.9. The average molecular weight is 721 g/mol. The highest BCUT2D eigenvalue weighted by Gasteiger charge is 2.30. The van der Waals surface area contributed by atoms with Crippen molar-refractivity contribution in [1.29, 1.82) is 0 Å². The van der Waals surface area contributed by atoms with Gasteiger partial charge < -0.3 is 35.6 Å². The van der Waals surface area contributed by atoms with E-state index in [0.29, 0.717) is 40.6 Å². The Bertz CT molecular complexity index is 1660. The van der Waals surface area contributed by atoms with E-state index in [9.17, 15) is 27.6 Å². The molecule has 0 aliphatic carbocycles. The lowest BCUT2D eigenvalue weighted by molar-refractivity contribution is -0.154. The quantitative estimate of drug-likeness (QED) is 0.272. The zero-order valence-electron chi connectivity index (χ0n) is 28.1. The molecule has 2 aromatic carbocycles. The molecule has 5 heterocycles. The molecule has 0 unspecified atom stereocenters. The maximum Gasteiger partial charge on any atom is 0.422 e. The van der Waals surface area contributed by atoms with Gasteiger partial charge in [0.2, 0.25) is 11.9 Å². The third kappa shape index (κ3) is 11.9. The molecule has 6 bridgehead atoms. The number of benzene rings is 2. The largest absolute Gasteiger partial charge is 0.492 e. The lowest BCUT2D eigenvalue weighted by Crippen LogP contribution is -2.49. The molecule has 0 atom stereocenters. The Labute approximate surface area is 292 Å². The van der Waals surface area contributed by atoms with Crippen LogP contribution >= 0.6 is 11.6 Å². The van der Waals surface area contributed by atoms with Crippen LogP contribution in [0, 0.1) is 11.3 Å². The third-order valence-electron chi connectivity index (χ3n) is 7.16. The Morgan fingerprint density at radius 3 is 2.48 bits per heavy atom. The second kappa shape index (κ2) is 16.7. The normalized spacial score (nSPS) is 15.6. The minimum absolute atomic E-state index is 0.0684. The van der Waals surface area contributed by atoms with Gasteiger partial charge in [-0.15, -0.1) is 0 Å². The van der Waals surface area contributed by atoms with E-state index in [1.165, 1.54) is 4.90 Å². The summed E-state index contributed by atoms with van der Waals surface area (Å²) in [6.07, 6.45) is -4.23. The van der Waals surface area contributed by atoms with Crippen molar-refractivity contribution >= 4 is 46.9 Å². The molecule has 50 heavy (non-hydrogen) atoms. The predicted octanol–water partition coefficient (Wildman–Crippen LogP) is 4.96. The molecule has 270 valence electrons. The van der Waals surface area contributed by atoms with Gasteiger partial charge >= 0.3 is 24.0 Å². The molecular weight excluding hydrogens is 681 g/mol. The number of hydrogen-bond donors (Lipinski definition) is 4. The highest BCUT2D eigenvalue weighted by molar-refractivity contribution is 6.35. The molecule has 3 amide bonds. The number of carbonyl (C=O) groups excluding carboxylic acids is 3.